The fraction of sp³-hybridized carbons (Fsp3) is 0.385. The molecule has 1 amide bonds. The molecule has 0 saturated carbocycles. The molecule has 0 aliphatic rings. The molecule has 0 aromatic carbocycles. The molecule has 114 valence electrons. The average Bonchev–Trinajstić information content (AvgIpc) is 2.45. The van der Waals surface area contributed by atoms with E-state index < -0.39 is 23.9 Å². The van der Waals surface area contributed by atoms with Gasteiger partial charge < -0.3 is 19.8 Å². The zero-order valence-corrected chi connectivity index (χ0v) is 11.7. The number of aromatic amines is 1. The van der Waals surface area contributed by atoms with Crippen LogP contribution in [0.15, 0.2) is 23.1 Å². The second-order valence-corrected chi connectivity index (χ2v) is 3.85. The number of ether oxygens (including phenoxy) is 2. The maximum Gasteiger partial charge on any atom is 0.340 e. The van der Waals surface area contributed by atoms with Crippen LogP contribution in [0.25, 0.3) is 0 Å². The van der Waals surface area contributed by atoms with E-state index in [1.165, 1.54) is 12.3 Å². The highest BCUT2D eigenvalue weighted by Crippen LogP contribution is 1.99. The number of hydrogen-bond acceptors (Lipinski definition) is 6. The largest absolute Gasteiger partial charge is 0.464 e. The molecule has 1 rings (SSSR count). The molecule has 21 heavy (non-hydrogen) atoms. The van der Waals surface area contributed by atoms with E-state index in [-0.39, 0.29) is 24.3 Å². The minimum atomic E-state index is -1.55. The summed E-state index contributed by atoms with van der Waals surface area (Å²) in [6, 6.07) is 0.865. The molecular formula is C13H16N2O6. The SMILES string of the molecule is CCOC(=O)C(NC(=O)c1ccc(=O)[nH]c1)C(=O)OCC. The molecule has 0 radical (unpaired) electrons. The van der Waals surface area contributed by atoms with Crippen LogP contribution in [-0.2, 0) is 19.1 Å². The van der Waals surface area contributed by atoms with Gasteiger partial charge in [-0.15, -0.1) is 0 Å². The molecule has 8 nitrogen and oxygen atoms in total. The summed E-state index contributed by atoms with van der Waals surface area (Å²) in [5, 5.41) is 2.21. The Morgan fingerprint density at radius 1 is 1.14 bits per heavy atom. The van der Waals surface area contributed by atoms with Crippen LogP contribution in [0.4, 0.5) is 0 Å². The summed E-state index contributed by atoms with van der Waals surface area (Å²) >= 11 is 0. The zero-order valence-electron chi connectivity index (χ0n) is 11.7. The summed E-state index contributed by atoms with van der Waals surface area (Å²) in [5.74, 6) is -2.53. The number of carbonyl (C=O) groups is 3. The van der Waals surface area contributed by atoms with Crippen molar-refractivity contribution in [2.75, 3.05) is 13.2 Å². The van der Waals surface area contributed by atoms with Crippen molar-refractivity contribution in [3.8, 4) is 0 Å². The maximum absolute atomic E-state index is 11.9. The number of rotatable bonds is 6. The second kappa shape index (κ2) is 7.83. The molecule has 0 aliphatic heterocycles. The summed E-state index contributed by atoms with van der Waals surface area (Å²) in [6.07, 6.45) is 1.17. The first-order valence-electron chi connectivity index (χ1n) is 6.32. The third-order valence-electron chi connectivity index (χ3n) is 2.37. The van der Waals surface area contributed by atoms with Crippen LogP contribution in [0, 0.1) is 0 Å². The third-order valence-corrected chi connectivity index (χ3v) is 2.37. The van der Waals surface area contributed by atoms with E-state index in [2.05, 4.69) is 10.3 Å². The van der Waals surface area contributed by atoms with E-state index in [1.807, 2.05) is 0 Å². The Kier molecular flexibility index (Phi) is 6.12. The highest BCUT2D eigenvalue weighted by atomic mass is 16.6. The van der Waals surface area contributed by atoms with Gasteiger partial charge in [-0.2, -0.15) is 0 Å². The van der Waals surface area contributed by atoms with Crippen molar-refractivity contribution in [3.63, 3.8) is 0 Å². The van der Waals surface area contributed by atoms with Gasteiger partial charge in [-0.1, -0.05) is 0 Å². The number of pyridine rings is 1. The fourth-order valence-electron chi connectivity index (χ4n) is 1.43. The number of hydrogen-bond donors (Lipinski definition) is 2. The van der Waals surface area contributed by atoms with Crippen LogP contribution in [0.3, 0.4) is 0 Å². The molecule has 0 atom stereocenters. The van der Waals surface area contributed by atoms with E-state index in [1.54, 1.807) is 13.8 Å². The van der Waals surface area contributed by atoms with Gasteiger partial charge >= 0.3 is 11.9 Å². The predicted molar refractivity (Wildman–Crippen MR) is 71.6 cm³/mol. The lowest BCUT2D eigenvalue weighted by molar-refractivity contribution is -0.157. The Labute approximate surface area is 120 Å². The van der Waals surface area contributed by atoms with Gasteiger partial charge in [0.2, 0.25) is 11.6 Å². The van der Waals surface area contributed by atoms with Crippen molar-refractivity contribution in [1.29, 1.82) is 0 Å². The lowest BCUT2D eigenvalue weighted by Crippen LogP contribution is -2.48. The molecule has 0 fully saturated rings. The van der Waals surface area contributed by atoms with E-state index in [0.29, 0.717) is 0 Å². The summed E-state index contributed by atoms with van der Waals surface area (Å²) in [4.78, 5) is 48.5. The average molecular weight is 296 g/mol. The van der Waals surface area contributed by atoms with Gasteiger partial charge in [0.05, 0.1) is 18.8 Å². The number of amides is 1. The van der Waals surface area contributed by atoms with Crippen molar-refractivity contribution in [3.05, 3.63) is 34.2 Å². The number of H-pyrrole nitrogens is 1. The normalized spacial score (nSPS) is 10.0. The van der Waals surface area contributed by atoms with Gasteiger partial charge in [0.15, 0.2) is 0 Å². The summed E-state index contributed by atoms with van der Waals surface area (Å²) in [6.45, 7) is 3.26. The van der Waals surface area contributed by atoms with Crippen LogP contribution in [0.1, 0.15) is 24.2 Å². The first kappa shape index (κ1) is 16.4. The third kappa shape index (κ3) is 4.75. The number of aromatic nitrogens is 1. The van der Waals surface area contributed by atoms with E-state index in [4.69, 9.17) is 9.47 Å². The highest BCUT2D eigenvalue weighted by molar-refractivity contribution is 6.05. The lowest BCUT2D eigenvalue weighted by Gasteiger charge is -2.15. The number of nitrogens with one attached hydrogen (secondary N) is 2. The predicted octanol–water partition coefficient (Wildman–Crippen LogP) is -0.400. The van der Waals surface area contributed by atoms with Gasteiger partial charge in [-0.05, 0) is 19.9 Å². The molecule has 0 aliphatic carbocycles. The van der Waals surface area contributed by atoms with E-state index in [0.717, 1.165) is 6.07 Å². The Balaban J connectivity index is 2.86. The number of esters is 2. The minimum absolute atomic E-state index is 0.0588. The van der Waals surface area contributed by atoms with Crippen LogP contribution < -0.4 is 10.9 Å². The van der Waals surface area contributed by atoms with Crippen molar-refractivity contribution in [2.24, 2.45) is 0 Å². The summed E-state index contributed by atoms with van der Waals surface area (Å²) in [5.41, 5.74) is -0.285. The molecular weight excluding hydrogens is 280 g/mol. The quantitative estimate of drug-likeness (QED) is 0.545. The minimum Gasteiger partial charge on any atom is -0.464 e. The Hall–Kier alpha value is -2.64. The maximum atomic E-state index is 11.9. The van der Waals surface area contributed by atoms with Crippen molar-refractivity contribution in [1.82, 2.24) is 10.3 Å². The molecule has 1 aromatic heterocycles. The van der Waals surface area contributed by atoms with Gasteiger partial charge in [-0.3, -0.25) is 9.59 Å². The molecule has 0 saturated heterocycles. The summed E-state index contributed by atoms with van der Waals surface area (Å²) in [7, 11) is 0. The Morgan fingerprint density at radius 3 is 2.14 bits per heavy atom. The highest BCUT2D eigenvalue weighted by Gasteiger charge is 2.31. The van der Waals surface area contributed by atoms with Crippen LogP contribution in [0.5, 0.6) is 0 Å². The van der Waals surface area contributed by atoms with Gasteiger partial charge in [-0.25, -0.2) is 9.59 Å². The molecule has 2 N–H and O–H groups in total. The second-order valence-electron chi connectivity index (χ2n) is 3.85. The fourth-order valence-corrected chi connectivity index (χ4v) is 1.43. The topological polar surface area (TPSA) is 115 Å². The van der Waals surface area contributed by atoms with Gasteiger partial charge in [0.1, 0.15) is 0 Å². The Bertz CT molecular complexity index is 542. The molecule has 0 unspecified atom stereocenters. The first-order valence-corrected chi connectivity index (χ1v) is 6.32. The van der Waals surface area contributed by atoms with Crippen molar-refractivity contribution in [2.45, 2.75) is 19.9 Å². The Morgan fingerprint density at radius 2 is 1.71 bits per heavy atom. The summed E-state index contributed by atoms with van der Waals surface area (Å²) < 4.78 is 9.43. The van der Waals surface area contributed by atoms with Crippen LogP contribution in [0.2, 0.25) is 0 Å². The molecule has 8 heteroatoms. The first-order chi connectivity index (χ1) is 9.99. The molecule has 0 bridgehead atoms. The van der Waals surface area contributed by atoms with Crippen LogP contribution >= 0.6 is 0 Å². The molecule has 1 heterocycles. The van der Waals surface area contributed by atoms with Gasteiger partial charge in [0.25, 0.3) is 5.91 Å². The van der Waals surface area contributed by atoms with Crippen LogP contribution in [-0.4, -0.2) is 42.1 Å². The van der Waals surface area contributed by atoms with Gasteiger partial charge in [0, 0.05) is 12.3 Å². The van der Waals surface area contributed by atoms with E-state index >= 15 is 0 Å². The smallest absolute Gasteiger partial charge is 0.340 e. The van der Waals surface area contributed by atoms with Crippen molar-refractivity contribution >= 4 is 17.8 Å². The standard InChI is InChI=1S/C13H16N2O6/c1-3-20-12(18)10(13(19)21-4-2)15-11(17)8-5-6-9(16)14-7-8/h5-7,10H,3-4H2,1-2H3,(H,14,16)(H,15,17). The monoisotopic (exact) mass is 296 g/mol. The molecule has 1 aromatic rings. The zero-order chi connectivity index (χ0) is 15.8. The lowest BCUT2D eigenvalue weighted by atomic mass is 10.2. The number of carbonyl (C=O) groups excluding carboxylic acids is 3. The molecule has 0 spiro atoms. The van der Waals surface area contributed by atoms with E-state index in [9.17, 15) is 19.2 Å². The van der Waals surface area contributed by atoms with Crippen molar-refractivity contribution < 1.29 is 23.9 Å².